The molecule has 4 nitrogen and oxygen atoms in total. The number of nitrogens with one attached hydrogen (secondary N) is 1. The molecule has 0 aliphatic heterocycles. The van der Waals surface area contributed by atoms with Crippen LogP contribution in [0.25, 0.3) is 0 Å². The highest BCUT2D eigenvalue weighted by Crippen LogP contribution is 2.28. The van der Waals surface area contributed by atoms with Gasteiger partial charge >= 0.3 is 0 Å². The Morgan fingerprint density at radius 3 is 2.33 bits per heavy atom. The standard InChI is InChI=1S/C14H14ClNO3S2/c1-9(2)16-14(17)12-7-8-13(20-12)21(18,19)11-5-3-10(15)4-6-11/h3-9H,1-2H3,(H,16,17). The van der Waals surface area contributed by atoms with Crippen LogP contribution in [0.4, 0.5) is 0 Å². The van der Waals surface area contributed by atoms with Crippen molar-refractivity contribution in [3.63, 3.8) is 0 Å². The van der Waals surface area contributed by atoms with E-state index >= 15 is 0 Å². The first kappa shape index (κ1) is 16.0. The zero-order valence-electron chi connectivity index (χ0n) is 11.5. The van der Waals surface area contributed by atoms with Crippen molar-refractivity contribution in [2.75, 3.05) is 0 Å². The van der Waals surface area contributed by atoms with Crippen LogP contribution in [-0.2, 0) is 9.84 Å². The van der Waals surface area contributed by atoms with E-state index in [0.717, 1.165) is 11.3 Å². The molecular formula is C14H14ClNO3S2. The van der Waals surface area contributed by atoms with Gasteiger partial charge in [-0.05, 0) is 50.2 Å². The van der Waals surface area contributed by atoms with E-state index in [1.807, 2.05) is 13.8 Å². The summed E-state index contributed by atoms with van der Waals surface area (Å²) in [5.41, 5.74) is 0. The minimum atomic E-state index is -3.62. The highest BCUT2D eigenvalue weighted by molar-refractivity contribution is 7.93. The summed E-state index contributed by atoms with van der Waals surface area (Å²) in [6.45, 7) is 3.69. The number of halogens is 1. The molecule has 0 fully saturated rings. The lowest BCUT2D eigenvalue weighted by molar-refractivity contribution is 0.0947. The predicted molar refractivity (Wildman–Crippen MR) is 83.8 cm³/mol. The van der Waals surface area contributed by atoms with Crippen molar-refractivity contribution in [3.8, 4) is 0 Å². The molecule has 112 valence electrons. The quantitative estimate of drug-likeness (QED) is 0.925. The molecule has 0 bridgehead atoms. The van der Waals surface area contributed by atoms with Crippen LogP contribution in [0.5, 0.6) is 0 Å². The van der Waals surface area contributed by atoms with Gasteiger partial charge in [-0.25, -0.2) is 8.42 Å². The number of sulfone groups is 1. The molecule has 0 saturated heterocycles. The summed E-state index contributed by atoms with van der Waals surface area (Å²) in [6.07, 6.45) is 0. The van der Waals surface area contributed by atoms with Crippen LogP contribution >= 0.6 is 22.9 Å². The Morgan fingerprint density at radius 1 is 1.14 bits per heavy atom. The smallest absolute Gasteiger partial charge is 0.261 e. The zero-order valence-corrected chi connectivity index (χ0v) is 13.8. The molecule has 0 aliphatic rings. The van der Waals surface area contributed by atoms with E-state index in [-0.39, 0.29) is 21.1 Å². The molecule has 0 aliphatic carbocycles. The first-order chi connectivity index (χ1) is 9.80. The molecule has 7 heteroatoms. The Hall–Kier alpha value is -1.37. The van der Waals surface area contributed by atoms with Gasteiger partial charge in [0.25, 0.3) is 5.91 Å². The molecule has 1 aromatic heterocycles. The molecule has 1 heterocycles. The maximum atomic E-state index is 12.4. The van der Waals surface area contributed by atoms with Gasteiger partial charge in [0, 0.05) is 11.1 Å². The van der Waals surface area contributed by atoms with Crippen molar-refractivity contribution < 1.29 is 13.2 Å². The third kappa shape index (κ3) is 3.64. The highest BCUT2D eigenvalue weighted by atomic mass is 35.5. The van der Waals surface area contributed by atoms with Gasteiger partial charge in [-0.1, -0.05) is 11.6 Å². The predicted octanol–water partition coefficient (Wildman–Crippen LogP) is 3.37. The van der Waals surface area contributed by atoms with Crippen LogP contribution in [0.3, 0.4) is 0 Å². The zero-order chi connectivity index (χ0) is 15.6. The molecule has 1 amide bonds. The normalized spacial score (nSPS) is 11.6. The summed E-state index contributed by atoms with van der Waals surface area (Å²) >= 11 is 6.71. The number of rotatable bonds is 4. The molecule has 0 saturated carbocycles. The van der Waals surface area contributed by atoms with Crippen molar-refractivity contribution in [1.29, 1.82) is 0 Å². The van der Waals surface area contributed by atoms with Gasteiger partial charge in [0.15, 0.2) is 0 Å². The van der Waals surface area contributed by atoms with Gasteiger partial charge in [-0.3, -0.25) is 4.79 Å². The molecule has 2 aromatic rings. The van der Waals surface area contributed by atoms with Gasteiger partial charge in [0.1, 0.15) is 4.21 Å². The SMILES string of the molecule is CC(C)NC(=O)c1ccc(S(=O)(=O)c2ccc(Cl)cc2)s1. The Labute approximate surface area is 132 Å². The number of carbonyl (C=O) groups is 1. The van der Waals surface area contributed by atoms with E-state index in [0.29, 0.717) is 9.90 Å². The van der Waals surface area contributed by atoms with E-state index in [2.05, 4.69) is 5.32 Å². The third-order valence-electron chi connectivity index (χ3n) is 2.61. The van der Waals surface area contributed by atoms with Gasteiger partial charge in [-0.15, -0.1) is 11.3 Å². The second-order valence-corrected chi connectivity index (χ2v) is 8.40. The Balaban J connectivity index is 2.32. The fourth-order valence-electron chi connectivity index (χ4n) is 1.65. The van der Waals surface area contributed by atoms with Crippen LogP contribution < -0.4 is 5.32 Å². The van der Waals surface area contributed by atoms with Gasteiger partial charge < -0.3 is 5.32 Å². The lowest BCUT2D eigenvalue weighted by Crippen LogP contribution is -2.29. The molecule has 1 N–H and O–H groups in total. The monoisotopic (exact) mass is 343 g/mol. The van der Waals surface area contributed by atoms with Crippen molar-refractivity contribution in [2.45, 2.75) is 29.0 Å². The second-order valence-electron chi connectivity index (χ2n) is 4.70. The molecule has 0 radical (unpaired) electrons. The van der Waals surface area contributed by atoms with Crippen LogP contribution in [0.15, 0.2) is 45.5 Å². The number of amides is 1. The molecule has 0 spiro atoms. The van der Waals surface area contributed by atoms with E-state index in [9.17, 15) is 13.2 Å². The first-order valence-corrected chi connectivity index (χ1v) is 8.90. The maximum absolute atomic E-state index is 12.4. The van der Waals surface area contributed by atoms with Crippen molar-refractivity contribution in [1.82, 2.24) is 5.32 Å². The number of carbonyl (C=O) groups excluding carboxylic acids is 1. The lowest BCUT2D eigenvalue weighted by atomic mass is 10.3. The van der Waals surface area contributed by atoms with Crippen molar-refractivity contribution >= 4 is 38.7 Å². The second kappa shape index (κ2) is 6.17. The third-order valence-corrected chi connectivity index (χ3v) is 6.21. The summed E-state index contributed by atoms with van der Waals surface area (Å²) in [7, 11) is -3.62. The number of thiophene rings is 1. The first-order valence-electron chi connectivity index (χ1n) is 6.22. The van der Waals surface area contributed by atoms with Gasteiger partial charge in [-0.2, -0.15) is 0 Å². The molecule has 21 heavy (non-hydrogen) atoms. The topological polar surface area (TPSA) is 63.2 Å². The van der Waals surface area contributed by atoms with Crippen LogP contribution in [-0.4, -0.2) is 20.4 Å². The van der Waals surface area contributed by atoms with E-state index in [1.54, 1.807) is 0 Å². The molecular weight excluding hydrogens is 330 g/mol. The van der Waals surface area contributed by atoms with Crippen LogP contribution in [0.2, 0.25) is 5.02 Å². The minimum absolute atomic E-state index is 0.00378. The lowest BCUT2D eigenvalue weighted by Gasteiger charge is -2.05. The van der Waals surface area contributed by atoms with E-state index in [4.69, 9.17) is 11.6 Å². The molecule has 0 unspecified atom stereocenters. The number of hydrogen-bond donors (Lipinski definition) is 1. The summed E-state index contributed by atoms with van der Waals surface area (Å²) in [6, 6.07) is 8.91. The molecule has 1 aromatic carbocycles. The summed E-state index contributed by atoms with van der Waals surface area (Å²) in [4.78, 5) is 12.4. The van der Waals surface area contributed by atoms with Crippen LogP contribution in [0, 0.1) is 0 Å². The Kier molecular flexibility index (Phi) is 4.70. The van der Waals surface area contributed by atoms with Gasteiger partial charge in [0.05, 0.1) is 9.77 Å². The number of benzene rings is 1. The van der Waals surface area contributed by atoms with Crippen LogP contribution in [0.1, 0.15) is 23.5 Å². The fourth-order valence-corrected chi connectivity index (χ4v) is 4.39. The van der Waals surface area contributed by atoms with Crippen molar-refractivity contribution in [2.24, 2.45) is 0 Å². The van der Waals surface area contributed by atoms with Gasteiger partial charge in [0.2, 0.25) is 9.84 Å². The average Bonchev–Trinajstić information content (AvgIpc) is 2.88. The van der Waals surface area contributed by atoms with Crippen molar-refractivity contribution in [3.05, 3.63) is 46.3 Å². The fraction of sp³-hybridized carbons (Fsp3) is 0.214. The summed E-state index contributed by atoms with van der Waals surface area (Å²) in [5, 5.41) is 3.20. The van der Waals surface area contributed by atoms with E-state index < -0.39 is 9.84 Å². The Bertz CT molecular complexity index is 749. The maximum Gasteiger partial charge on any atom is 0.261 e. The summed E-state index contributed by atoms with van der Waals surface area (Å²) < 4.78 is 25.0. The molecule has 0 atom stereocenters. The average molecular weight is 344 g/mol. The minimum Gasteiger partial charge on any atom is -0.349 e. The Morgan fingerprint density at radius 2 is 1.76 bits per heavy atom. The highest BCUT2D eigenvalue weighted by Gasteiger charge is 2.21. The largest absolute Gasteiger partial charge is 0.349 e. The number of hydrogen-bond acceptors (Lipinski definition) is 4. The molecule has 2 rings (SSSR count). The summed E-state index contributed by atoms with van der Waals surface area (Å²) in [5.74, 6) is -0.271. The van der Waals surface area contributed by atoms with E-state index in [1.165, 1.54) is 36.4 Å².